The summed E-state index contributed by atoms with van der Waals surface area (Å²) >= 11 is 0. The van der Waals surface area contributed by atoms with E-state index in [2.05, 4.69) is 25.2 Å². The van der Waals surface area contributed by atoms with Crippen LogP contribution >= 0.6 is 0 Å². The zero-order chi connectivity index (χ0) is 24.0. The molecular formula is C22H20F3N7O2. The zero-order valence-electron chi connectivity index (χ0n) is 17.7. The number of piperazine rings is 1. The van der Waals surface area contributed by atoms with E-state index in [1.54, 1.807) is 18.3 Å². The van der Waals surface area contributed by atoms with Gasteiger partial charge < -0.3 is 26.0 Å². The molecule has 2 atom stereocenters. The Hall–Kier alpha value is -4.09. The Morgan fingerprint density at radius 1 is 1.06 bits per heavy atom. The Morgan fingerprint density at radius 2 is 1.85 bits per heavy atom. The standard InChI is InChI=1S/C22H20F3N7O2/c23-22(24,25)13-2-4-27-18(6-13)30-19-8-14(26)7-17(29-19)12-1-3-28-20(5-12)31-10-16-9-15(31)11-32(16)21(33)34/h1-8,15-16H,9-11H2,(H,33,34)(H3,26,27,29,30)/t15-,16-/m0/s1. The fourth-order valence-corrected chi connectivity index (χ4v) is 4.49. The number of nitrogens with two attached hydrogens (primary N) is 1. The number of hydrogen-bond acceptors (Lipinski definition) is 7. The second-order valence-electron chi connectivity index (χ2n) is 8.26. The van der Waals surface area contributed by atoms with Crippen molar-refractivity contribution < 1.29 is 23.1 Å². The minimum absolute atomic E-state index is 0.00892. The minimum atomic E-state index is -4.49. The third-order valence-electron chi connectivity index (χ3n) is 6.01. The third kappa shape index (κ3) is 4.14. The van der Waals surface area contributed by atoms with Gasteiger partial charge in [0.15, 0.2) is 0 Å². The van der Waals surface area contributed by atoms with Crippen LogP contribution in [0.5, 0.6) is 0 Å². The van der Waals surface area contributed by atoms with E-state index in [1.807, 2.05) is 6.07 Å². The Kier molecular flexibility index (Phi) is 5.14. The summed E-state index contributed by atoms with van der Waals surface area (Å²) in [4.78, 5) is 27.8. The quantitative estimate of drug-likeness (QED) is 0.525. The summed E-state index contributed by atoms with van der Waals surface area (Å²) in [5, 5.41) is 12.1. The lowest BCUT2D eigenvalue weighted by Crippen LogP contribution is -2.48. The Morgan fingerprint density at radius 3 is 2.56 bits per heavy atom. The number of rotatable bonds is 4. The summed E-state index contributed by atoms with van der Waals surface area (Å²) in [6.07, 6.45) is -1.93. The van der Waals surface area contributed by atoms with Crippen molar-refractivity contribution in [1.29, 1.82) is 0 Å². The molecule has 4 N–H and O–H groups in total. The number of carboxylic acid groups (broad SMARTS) is 1. The molecule has 1 amide bonds. The smallest absolute Gasteiger partial charge is 0.416 e. The molecule has 2 bridgehead atoms. The van der Waals surface area contributed by atoms with Crippen LogP contribution in [0.4, 0.5) is 41.1 Å². The first-order valence-corrected chi connectivity index (χ1v) is 10.5. The van der Waals surface area contributed by atoms with Gasteiger partial charge in [-0.2, -0.15) is 13.2 Å². The SMILES string of the molecule is Nc1cc(Nc2cc(C(F)(F)F)ccn2)nc(-c2ccnc(N3C[C@@H]4C[C@H]3CN4C(=O)O)c2)c1. The molecule has 0 unspecified atom stereocenters. The van der Waals surface area contributed by atoms with E-state index in [1.165, 1.54) is 11.0 Å². The Labute approximate surface area is 192 Å². The second kappa shape index (κ2) is 8.04. The van der Waals surface area contributed by atoms with Gasteiger partial charge in [0.05, 0.1) is 23.3 Å². The van der Waals surface area contributed by atoms with Crippen molar-refractivity contribution in [1.82, 2.24) is 19.9 Å². The van der Waals surface area contributed by atoms with Gasteiger partial charge in [0, 0.05) is 42.8 Å². The zero-order valence-corrected chi connectivity index (χ0v) is 17.7. The van der Waals surface area contributed by atoms with Gasteiger partial charge in [-0.15, -0.1) is 0 Å². The number of likely N-dealkylation sites (tertiary alicyclic amines) is 1. The summed E-state index contributed by atoms with van der Waals surface area (Å²) in [5.41, 5.74) is 6.81. The van der Waals surface area contributed by atoms with E-state index in [0.29, 0.717) is 30.3 Å². The molecule has 0 aromatic carbocycles. The van der Waals surface area contributed by atoms with Crippen LogP contribution in [0.3, 0.4) is 0 Å². The predicted octanol–water partition coefficient (Wildman–Crippen LogP) is 3.82. The maximum absolute atomic E-state index is 13.0. The van der Waals surface area contributed by atoms with E-state index in [4.69, 9.17) is 5.73 Å². The van der Waals surface area contributed by atoms with E-state index in [0.717, 1.165) is 30.3 Å². The molecule has 2 aliphatic heterocycles. The molecule has 2 fully saturated rings. The Balaban J connectivity index is 1.39. The Bertz CT molecular complexity index is 1250. The summed E-state index contributed by atoms with van der Waals surface area (Å²) in [5.74, 6) is 0.941. The lowest BCUT2D eigenvalue weighted by Gasteiger charge is -2.33. The van der Waals surface area contributed by atoms with Crippen molar-refractivity contribution in [3.8, 4) is 11.3 Å². The molecule has 9 nitrogen and oxygen atoms in total. The van der Waals surface area contributed by atoms with Crippen molar-refractivity contribution in [3.63, 3.8) is 0 Å². The largest absolute Gasteiger partial charge is 0.465 e. The number of carbonyl (C=O) groups is 1. The molecule has 176 valence electrons. The van der Waals surface area contributed by atoms with E-state index < -0.39 is 17.8 Å². The average Bonchev–Trinajstić information content (AvgIpc) is 3.40. The maximum Gasteiger partial charge on any atom is 0.416 e. The van der Waals surface area contributed by atoms with Gasteiger partial charge in [-0.25, -0.2) is 19.7 Å². The van der Waals surface area contributed by atoms with Gasteiger partial charge in [-0.1, -0.05) is 0 Å². The van der Waals surface area contributed by atoms with E-state index >= 15 is 0 Å². The number of pyridine rings is 3. The first-order chi connectivity index (χ1) is 16.2. The van der Waals surface area contributed by atoms with Crippen LogP contribution in [-0.4, -0.2) is 56.2 Å². The van der Waals surface area contributed by atoms with Gasteiger partial charge >= 0.3 is 12.3 Å². The summed E-state index contributed by atoms with van der Waals surface area (Å²) < 4.78 is 39.0. The highest BCUT2D eigenvalue weighted by atomic mass is 19.4. The molecule has 34 heavy (non-hydrogen) atoms. The highest BCUT2D eigenvalue weighted by Gasteiger charge is 2.45. The molecule has 0 aliphatic carbocycles. The van der Waals surface area contributed by atoms with Gasteiger partial charge in [0.25, 0.3) is 0 Å². The van der Waals surface area contributed by atoms with Crippen LogP contribution in [-0.2, 0) is 6.18 Å². The lowest BCUT2D eigenvalue weighted by atomic mass is 10.1. The fraction of sp³-hybridized carbons (Fsp3) is 0.273. The number of nitrogens with zero attached hydrogens (tertiary/aromatic N) is 5. The number of alkyl halides is 3. The number of nitrogen functional groups attached to an aromatic ring is 1. The van der Waals surface area contributed by atoms with Crippen molar-refractivity contribution in [2.45, 2.75) is 24.7 Å². The van der Waals surface area contributed by atoms with Crippen LogP contribution in [0, 0.1) is 0 Å². The molecule has 2 aliphatic rings. The second-order valence-corrected chi connectivity index (χ2v) is 8.26. The van der Waals surface area contributed by atoms with Crippen LogP contribution in [0.25, 0.3) is 11.3 Å². The third-order valence-corrected chi connectivity index (χ3v) is 6.01. The number of halogens is 3. The molecule has 0 spiro atoms. The van der Waals surface area contributed by atoms with Gasteiger partial charge in [-0.3, -0.25) is 0 Å². The monoisotopic (exact) mass is 471 g/mol. The van der Waals surface area contributed by atoms with Crippen molar-refractivity contribution in [2.75, 3.05) is 29.0 Å². The molecule has 3 aromatic heterocycles. The molecule has 2 saturated heterocycles. The summed E-state index contributed by atoms with van der Waals surface area (Å²) in [6.45, 7) is 0.992. The van der Waals surface area contributed by atoms with Crippen molar-refractivity contribution in [2.24, 2.45) is 0 Å². The number of nitrogens with one attached hydrogen (secondary N) is 1. The number of aromatic nitrogens is 3. The van der Waals surface area contributed by atoms with Gasteiger partial charge in [-0.05, 0) is 36.8 Å². The van der Waals surface area contributed by atoms with E-state index in [9.17, 15) is 23.1 Å². The molecule has 5 heterocycles. The summed E-state index contributed by atoms with van der Waals surface area (Å²) in [6, 6.07) is 8.56. The van der Waals surface area contributed by atoms with Crippen molar-refractivity contribution in [3.05, 3.63) is 54.4 Å². The van der Waals surface area contributed by atoms with Crippen LogP contribution in [0.1, 0.15) is 12.0 Å². The first-order valence-electron chi connectivity index (χ1n) is 10.5. The average molecular weight is 471 g/mol. The van der Waals surface area contributed by atoms with Gasteiger partial charge in [0.2, 0.25) is 0 Å². The highest BCUT2D eigenvalue weighted by Crippen LogP contribution is 2.35. The molecular weight excluding hydrogens is 451 g/mol. The number of anilines is 4. The van der Waals surface area contributed by atoms with Crippen LogP contribution < -0.4 is 16.0 Å². The maximum atomic E-state index is 13.0. The molecule has 5 rings (SSSR count). The first kappa shape index (κ1) is 21.7. The molecule has 0 radical (unpaired) electrons. The van der Waals surface area contributed by atoms with Crippen LogP contribution in [0.15, 0.2) is 48.8 Å². The minimum Gasteiger partial charge on any atom is -0.465 e. The highest BCUT2D eigenvalue weighted by molar-refractivity contribution is 5.71. The molecule has 12 heteroatoms. The number of amides is 1. The van der Waals surface area contributed by atoms with Crippen LogP contribution in [0.2, 0.25) is 0 Å². The predicted molar refractivity (Wildman–Crippen MR) is 119 cm³/mol. The number of fused-ring (bicyclic) bond motifs is 2. The van der Waals surface area contributed by atoms with E-state index in [-0.39, 0.29) is 23.7 Å². The fourth-order valence-electron chi connectivity index (χ4n) is 4.49. The lowest BCUT2D eigenvalue weighted by molar-refractivity contribution is -0.137. The van der Waals surface area contributed by atoms with Gasteiger partial charge in [0.1, 0.15) is 17.5 Å². The topological polar surface area (TPSA) is 120 Å². The van der Waals surface area contributed by atoms with Crippen molar-refractivity contribution >= 4 is 29.2 Å². The summed E-state index contributed by atoms with van der Waals surface area (Å²) in [7, 11) is 0. The molecule has 3 aromatic rings. The number of hydrogen-bond donors (Lipinski definition) is 3. The molecule has 0 saturated carbocycles. The normalized spacial score (nSPS) is 19.5.